The summed E-state index contributed by atoms with van der Waals surface area (Å²) < 4.78 is 21.9. The van der Waals surface area contributed by atoms with Gasteiger partial charge in [0.1, 0.15) is 0 Å². The van der Waals surface area contributed by atoms with E-state index in [1.54, 1.807) is 21.3 Å². The van der Waals surface area contributed by atoms with Crippen LogP contribution in [-0.4, -0.2) is 25.7 Å². The SMILES string of the molecule is COc1cc(-c2csnc2-c2ccc(Br)cc2)cc(OC)c1OC. The van der Waals surface area contributed by atoms with E-state index in [2.05, 4.69) is 20.3 Å². The van der Waals surface area contributed by atoms with Gasteiger partial charge >= 0.3 is 0 Å². The Kier molecular flexibility index (Phi) is 5.06. The number of hydrogen-bond acceptors (Lipinski definition) is 5. The topological polar surface area (TPSA) is 40.6 Å². The zero-order chi connectivity index (χ0) is 17.1. The molecule has 0 aliphatic rings. The average Bonchev–Trinajstić information content (AvgIpc) is 3.10. The fourth-order valence-corrected chi connectivity index (χ4v) is 3.47. The van der Waals surface area contributed by atoms with Crippen molar-refractivity contribution in [2.75, 3.05) is 21.3 Å². The predicted molar refractivity (Wildman–Crippen MR) is 100 cm³/mol. The summed E-state index contributed by atoms with van der Waals surface area (Å²) in [6.07, 6.45) is 0. The molecule has 0 amide bonds. The number of nitrogens with zero attached hydrogens (tertiary/aromatic N) is 1. The maximum atomic E-state index is 5.45. The van der Waals surface area contributed by atoms with Crippen molar-refractivity contribution in [2.24, 2.45) is 0 Å². The molecule has 1 heterocycles. The Balaban J connectivity index is 2.14. The number of ether oxygens (including phenoxy) is 3. The molecule has 0 fully saturated rings. The maximum Gasteiger partial charge on any atom is 0.203 e. The maximum absolute atomic E-state index is 5.45. The number of benzene rings is 2. The minimum Gasteiger partial charge on any atom is -0.493 e. The summed E-state index contributed by atoms with van der Waals surface area (Å²) in [4.78, 5) is 0. The van der Waals surface area contributed by atoms with Crippen LogP contribution in [0.5, 0.6) is 17.2 Å². The van der Waals surface area contributed by atoms with Gasteiger partial charge in [0.25, 0.3) is 0 Å². The van der Waals surface area contributed by atoms with Gasteiger partial charge in [0.05, 0.1) is 27.0 Å². The minimum absolute atomic E-state index is 0.581. The minimum atomic E-state index is 0.581. The van der Waals surface area contributed by atoms with Crippen LogP contribution in [0.4, 0.5) is 0 Å². The molecule has 1 aromatic heterocycles. The zero-order valence-electron chi connectivity index (χ0n) is 13.5. The molecule has 0 N–H and O–H groups in total. The van der Waals surface area contributed by atoms with Gasteiger partial charge in [-0.2, -0.15) is 4.37 Å². The van der Waals surface area contributed by atoms with Gasteiger partial charge < -0.3 is 14.2 Å². The summed E-state index contributed by atoms with van der Waals surface area (Å²) in [6.45, 7) is 0. The summed E-state index contributed by atoms with van der Waals surface area (Å²) in [7, 11) is 4.82. The molecule has 124 valence electrons. The Morgan fingerprint density at radius 1 is 0.875 bits per heavy atom. The monoisotopic (exact) mass is 405 g/mol. The van der Waals surface area contributed by atoms with Gasteiger partial charge in [-0.25, -0.2) is 0 Å². The average molecular weight is 406 g/mol. The van der Waals surface area contributed by atoms with Crippen LogP contribution in [0.25, 0.3) is 22.4 Å². The number of hydrogen-bond donors (Lipinski definition) is 0. The second-order valence-corrected chi connectivity index (χ2v) is 6.54. The van der Waals surface area contributed by atoms with Crippen molar-refractivity contribution in [3.63, 3.8) is 0 Å². The molecule has 6 heteroatoms. The first-order valence-electron chi connectivity index (χ1n) is 7.18. The smallest absolute Gasteiger partial charge is 0.203 e. The first-order valence-corrected chi connectivity index (χ1v) is 8.81. The molecule has 3 aromatic rings. The molecule has 0 aliphatic heterocycles. The molecule has 0 unspecified atom stereocenters. The van der Waals surface area contributed by atoms with Crippen molar-refractivity contribution in [1.82, 2.24) is 4.37 Å². The molecule has 4 nitrogen and oxygen atoms in total. The number of aromatic nitrogens is 1. The van der Waals surface area contributed by atoms with E-state index in [0.29, 0.717) is 17.2 Å². The lowest BCUT2D eigenvalue weighted by Gasteiger charge is -2.14. The van der Waals surface area contributed by atoms with Crippen LogP contribution >= 0.6 is 27.5 Å². The highest BCUT2D eigenvalue weighted by atomic mass is 79.9. The van der Waals surface area contributed by atoms with Crippen molar-refractivity contribution in [2.45, 2.75) is 0 Å². The Labute approximate surface area is 153 Å². The van der Waals surface area contributed by atoms with Crippen LogP contribution in [0.15, 0.2) is 46.3 Å². The summed E-state index contributed by atoms with van der Waals surface area (Å²) in [5.74, 6) is 1.83. The first kappa shape index (κ1) is 16.8. The van der Waals surface area contributed by atoms with E-state index in [1.165, 1.54) is 11.5 Å². The highest BCUT2D eigenvalue weighted by molar-refractivity contribution is 9.10. The molecule has 0 aliphatic carbocycles. The predicted octanol–water partition coefficient (Wildman–Crippen LogP) is 5.27. The quantitative estimate of drug-likeness (QED) is 0.579. The van der Waals surface area contributed by atoms with Crippen molar-refractivity contribution < 1.29 is 14.2 Å². The lowest BCUT2D eigenvalue weighted by atomic mass is 10.0. The van der Waals surface area contributed by atoms with E-state index >= 15 is 0 Å². The third kappa shape index (κ3) is 3.12. The van der Waals surface area contributed by atoms with E-state index in [-0.39, 0.29) is 0 Å². The molecular formula is C18H16BrNO3S. The summed E-state index contributed by atoms with van der Waals surface area (Å²) in [5, 5.41) is 2.03. The van der Waals surface area contributed by atoms with Crippen molar-refractivity contribution in [1.29, 1.82) is 0 Å². The second kappa shape index (κ2) is 7.23. The highest BCUT2D eigenvalue weighted by Gasteiger charge is 2.17. The number of halogens is 1. The Bertz CT molecular complexity index is 821. The Hall–Kier alpha value is -2.05. The van der Waals surface area contributed by atoms with E-state index in [9.17, 15) is 0 Å². The van der Waals surface area contributed by atoms with Crippen LogP contribution in [0.2, 0.25) is 0 Å². The van der Waals surface area contributed by atoms with Gasteiger partial charge in [-0.1, -0.05) is 28.1 Å². The third-order valence-electron chi connectivity index (χ3n) is 3.66. The van der Waals surface area contributed by atoms with Gasteiger partial charge in [0.2, 0.25) is 5.75 Å². The van der Waals surface area contributed by atoms with Crippen LogP contribution < -0.4 is 14.2 Å². The van der Waals surface area contributed by atoms with Gasteiger partial charge in [-0.05, 0) is 41.4 Å². The third-order valence-corrected chi connectivity index (χ3v) is 4.82. The van der Waals surface area contributed by atoms with Crippen LogP contribution in [0.1, 0.15) is 0 Å². The Morgan fingerprint density at radius 3 is 2.04 bits per heavy atom. The van der Waals surface area contributed by atoms with Gasteiger partial charge in [0, 0.05) is 21.0 Å². The largest absolute Gasteiger partial charge is 0.493 e. The van der Waals surface area contributed by atoms with Crippen LogP contribution in [0, 0.1) is 0 Å². The normalized spacial score (nSPS) is 10.5. The summed E-state index contributed by atoms with van der Waals surface area (Å²) >= 11 is 4.88. The fraction of sp³-hybridized carbons (Fsp3) is 0.167. The van der Waals surface area contributed by atoms with Crippen molar-refractivity contribution >= 4 is 27.5 Å². The number of methoxy groups -OCH3 is 3. The van der Waals surface area contributed by atoms with Gasteiger partial charge in [-0.3, -0.25) is 0 Å². The molecule has 2 aromatic carbocycles. The van der Waals surface area contributed by atoms with Crippen LogP contribution in [0.3, 0.4) is 0 Å². The molecule has 0 saturated carbocycles. The molecule has 0 saturated heterocycles. The molecular weight excluding hydrogens is 390 g/mol. The Morgan fingerprint density at radius 2 is 1.50 bits per heavy atom. The molecule has 0 radical (unpaired) electrons. The van der Waals surface area contributed by atoms with E-state index in [4.69, 9.17) is 14.2 Å². The lowest BCUT2D eigenvalue weighted by Crippen LogP contribution is -1.95. The number of rotatable bonds is 5. The first-order chi connectivity index (χ1) is 11.7. The van der Waals surface area contributed by atoms with Crippen LogP contribution in [-0.2, 0) is 0 Å². The van der Waals surface area contributed by atoms with E-state index in [0.717, 1.165) is 26.9 Å². The molecule has 0 spiro atoms. The van der Waals surface area contributed by atoms with Crippen molar-refractivity contribution in [3.05, 3.63) is 46.3 Å². The van der Waals surface area contributed by atoms with Gasteiger partial charge in [-0.15, -0.1) is 0 Å². The highest BCUT2D eigenvalue weighted by Crippen LogP contribution is 2.43. The lowest BCUT2D eigenvalue weighted by molar-refractivity contribution is 0.324. The fourth-order valence-electron chi connectivity index (χ4n) is 2.49. The molecule has 0 atom stereocenters. The summed E-state index contributed by atoms with van der Waals surface area (Å²) in [6, 6.07) is 12.0. The zero-order valence-corrected chi connectivity index (χ0v) is 15.9. The second-order valence-electron chi connectivity index (χ2n) is 5.00. The van der Waals surface area contributed by atoms with Gasteiger partial charge in [0.15, 0.2) is 11.5 Å². The van der Waals surface area contributed by atoms with E-state index < -0.39 is 0 Å². The molecule has 3 rings (SSSR count). The molecule has 24 heavy (non-hydrogen) atoms. The standard InChI is InChI=1S/C18H16BrNO3S/c1-21-15-8-12(9-16(22-2)18(15)23-3)14-10-24-20-17(14)11-4-6-13(19)7-5-11/h4-10H,1-3H3. The summed E-state index contributed by atoms with van der Waals surface area (Å²) in [5.41, 5.74) is 3.99. The van der Waals surface area contributed by atoms with Crippen molar-refractivity contribution in [3.8, 4) is 39.6 Å². The molecule has 0 bridgehead atoms. The van der Waals surface area contributed by atoms with E-state index in [1.807, 2.05) is 41.8 Å².